The first kappa shape index (κ1) is 15.0. The molecule has 0 atom stereocenters. The summed E-state index contributed by atoms with van der Waals surface area (Å²) in [7, 11) is 0. The molecule has 3 aromatic rings. The van der Waals surface area contributed by atoms with E-state index in [2.05, 4.69) is 0 Å². The van der Waals surface area contributed by atoms with Gasteiger partial charge in [-0.05, 0) is 42.8 Å². The third-order valence-electron chi connectivity index (χ3n) is 3.72. The molecule has 0 saturated carbocycles. The molecule has 0 radical (unpaired) electrons. The fourth-order valence-corrected chi connectivity index (χ4v) is 2.45. The largest absolute Gasteiger partial charge is 0.462 e. The second-order valence-corrected chi connectivity index (χ2v) is 5.40. The van der Waals surface area contributed by atoms with Crippen molar-refractivity contribution < 1.29 is 14.3 Å². The van der Waals surface area contributed by atoms with Gasteiger partial charge in [0.2, 0.25) is 0 Å². The average Bonchev–Trinajstić information content (AvgIpc) is 3.02. The van der Waals surface area contributed by atoms with Gasteiger partial charge in [0.05, 0.1) is 12.2 Å². The van der Waals surface area contributed by atoms with Gasteiger partial charge in [-0.15, -0.1) is 0 Å². The van der Waals surface area contributed by atoms with Crippen LogP contribution >= 0.6 is 0 Å². The summed E-state index contributed by atoms with van der Waals surface area (Å²) < 4.78 is 7.26. The highest BCUT2D eigenvalue weighted by Crippen LogP contribution is 2.11. The van der Waals surface area contributed by atoms with Gasteiger partial charge in [-0.1, -0.05) is 18.2 Å². The standard InChI is InChI=1S/C19H17NO3/c1-14(21)16-5-2-4-15(12-16)8-11-23-19(22)17-7-10-20-9-3-6-18(20)13-17/h2-7,9-10,12-13H,8,11H2,1H3. The number of ether oxygens (including phenoxy) is 1. The molecule has 0 amide bonds. The van der Waals surface area contributed by atoms with E-state index in [1.165, 1.54) is 6.92 Å². The summed E-state index contributed by atoms with van der Waals surface area (Å²) in [5.74, 6) is -0.305. The van der Waals surface area contributed by atoms with Crippen LogP contribution in [0.3, 0.4) is 0 Å². The van der Waals surface area contributed by atoms with Gasteiger partial charge in [0, 0.05) is 29.9 Å². The molecule has 0 saturated heterocycles. The Hall–Kier alpha value is -2.88. The lowest BCUT2D eigenvalue weighted by Gasteiger charge is -2.06. The molecule has 2 aromatic heterocycles. The van der Waals surface area contributed by atoms with Crippen LogP contribution in [0.15, 0.2) is 60.9 Å². The van der Waals surface area contributed by atoms with Crippen LogP contribution in [0, 0.1) is 0 Å². The van der Waals surface area contributed by atoms with Crippen molar-refractivity contribution in [1.82, 2.24) is 4.40 Å². The summed E-state index contributed by atoms with van der Waals surface area (Å²) in [6.07, 6.45) is 4.34. The molecule has 3 rings (SSSR count). The van der Waals surface area contributed by atoms with Crippen molar-refractivity contribution >= 4 is 17.3 Å². The zero-order valence-electron chi connectivity index (χ0n) is 12.9. The minimum absolute atomic E-state index is 0.0318. The van der Waals surface area contributed by atoms with E-state index in [1.54, 1.807) is 18.2 Å². The number of carbonyl (C=O) groups excluding carboxylic acids is 2. The van der Waals surface area contributed by atoms with Crippen LogP contribution in [0.5, 0.6) is 0 Å². The fourth-order valence-electron chi connectivity index (χ4n) is 2.45. The van der Waals surface area contributed by atoms with Crippen LogP contribution < -0.4 is 0 Å². The molecule has 116 valence electrons. The van der Waals surface area contributed by atoms with E-state index in [9.17, 15) is 9.59 Å². The summed E-state index contributed by atoms with van der Waals surface area (Å²) in [4.78, 5) is 23.5. The molecule has 23 heavy (non-hydrogen) atoms. The number of pyridine rings is 1. The van der Waals surface area contributed by atoms with Crippen LogP contribution in [0.2, 0.25) is 0 Å². The number of esters is 1. The maximum absolute atomic E-state index is 12.1. The summed E-state index contributed by atoms with van der Waals surface area (Å²) in [5.41, 5.74) is 3.14. The van der Waals surface area contributed by atoms with Gasteiger partial charge >= 0.3 is 5.97 Å². The SMILES string of the molecule is CC(=O)c1cccc(CCOC(=O)c2ccn3cccc3c2)c1. The van der Waals surface area contributed by atoms with Crippen LogP contribution in [-0.2, 0) is 11.2 Å². The quantitative estimate of drug-likeness (QED) is 0.535. The lowest BCUT2D eigenvalue weighted by molar-refractivity contribution is 0.0509. The number of benzene rings is 1. The van der Waals surface area contributed by atoms with Crippen molar-refractivity contribution in [3.05, 3.63) is 77.6 Å². The number of Topliss-reactive ketones (excluding diaryl/α,β-unsaturated/α-hetero) is 1. The van der Waals surface area contributed by atoms with Gasteiger partial charge in [-0.2, -0.15) is 0 Å². The normalized spacial score (nSPS) is 10.7. The number of carbonyl (C=O) groups is 2. The van der Waals surface area contributed by atoms with Gasteiger partial charge in [0.25, 0.3) is 0 Å². The third-order valence-corrected chi connectivity index (χ3v) is 3.72. The van der Waals surface area contributed by atoms with Crippen molar-refractivity contribution in [3.8, 4) is 0 Å². The van der Waals surface area contributed by atoms with E-state index in [-0.39, 0.29) is 18.4 Å². The minimum Gasteiger partial charge on any atom is -0.462 e. The number of fused-ring (bicyclic) bond motifs is 1. The first-order valence-corrected chi connectivity index (χ1v) is 7.47. The Labute approximate surface area is 134 Å². The number of nitrogens with zero attached hydrogens (tertiary/aromatic N) is 1. The first-order valence-electron chi connectivity index (χ1n) is 7.47. The zero-order chi connectivity index (χ0) is 16.2. The maximum Gasteiger partial charge on any atom is 0.338 e. The number of rotatable bonds is 5. The fraction of sp³-hybridized carbons (Fsp3) is 0.158. The zero-order valence-corrected chi connectivity index (χ0v) is 12.9. The molecule has 0 bridgehead atoms. The van der Waals surface area contributed by atoms with E-state index in [1.807, 2.05) is 47.1 Å². The highest BCUT2D eigenvalue weighted by Gasteiger charge is 2.08. The number of ketones is 1. The molecule has 2 heterocycles. The molecule has 0 unspecified atom stereocenters. The van der Waals surface area contributed by atoms with Gasteiger partial charge in [0.1, 0.15) is 0 Å². The molecule has 0 fully saturated rings. The van der Waals surface area contributed by atoms with Crippen molar-refractivity contribution in [1.29, 1.82) is 0 Å². The van der Waals surface area contributed by atoms with Gasteiger partial charge in [0.15, 0.2) is 5.78 Å². The molecular weight excluding hydrogens is 290 g/mol. The highest BCUT2D eigenvalue weighted by molar-refractivity contribution is 5.94. The van der Waals surface area contributed by atoms with Crippen molar-refractivity contribution in [2.75, 3.05) is 6.61 Å². The minimum atomic E-state index is -0.337. The molecule has 0 aliphatic heterocycles. The predicted octanol–water partition coefficient (Wildman–Crippen LogP) is 3.54. The molecule has 4 heteroatoms. The molecule has 0 N–H and O–H groups in total. The Kier molecular flexibility index (Phi) is 4.24. The summed E-state index contributed by atoms with van der Waals surface area (Å²) >= 11 is 0. The molecular formula is C19H17NO3. The Balaban J connectivity index is 1.60. The average molecular weight is 307 g/mol. The first-order chi connectivity index (χ1) is 11.1. The van der Waals surface area contributed by atoms with Crippen molar-refractivity contribution in [3.63, 3.8) is 0 Å². The van der Waals surface area contributed by atoms with Crippen LogP contribution in [0.1, 0.15) is 33.2 Å². The lowest BCUT2D eigenvalue weighted by atomic mass is 10.1. The van der Waals surface area contributed by atoms with Gasteiger partial charge in [-0.25, -0.2) is 4.79 Å². The Bertz CT molecular complexity index is 864. The monoisotopic (exact) mass is 307 g/mol. The molecule has 0 aliphatic carbocycles. The molecule has 0 aliphatic rings. The van der Waals surface area contributed by atoms with Crippen LogP contribution in [0.25, 0.3) is 5.52 Å². The molecule has 1 aromatic carbocycles. The van der Waals surface area contributed by atoms with Gasteiger partial charge < -0.3 is 9.14 Å². The molecule has 0 spiro atoms. The van der Waals surface area contributed by atoms with Crippen molar-refractivity contribution in [2.45, 2.75) is 13.3 Å². The number of hydrogen-bond donors (Lipinski definition) is 0. The second kappa shape index (κ2) is 6.48. The maximum atomic E-state index is 12.1. The summed E-state index contributed by atoms with van der Waals surface area (Å²) in [6, 6.07) is 14.8. The van der Waals surface area contributed by atoms with Gasteiger partial charge in [-0.3, -0.25) is 4.79 Å². The van der Waals surface area contributed by atoms with E-state index in [0.29, 0.717) is 17.5 Å². The van der Waals surface area contributed by atoms with E-state index in [4.69, 9.17) is 4.74 Å². The smallest absolute Gasteiger partial charge is 0.338 e. The second-order valence-electron chi connectivity index (χ2n) is 5.40. The summed E-state index contributed by atoms with van der Waals surface area (Å²) in [5, 5.41) is 0. The van der Waals surface area contributed by atoms with Crippen LogP contribution in [-0.4, -0.2) is 22.8 Å². The number of hydrogen-bond acceptors (Lipinski definition) is 3. The van der Waals surface area contributed by atoms with Crippen molar-refractivity contribution in [2.24, 2.45) is 0 Å². The topological polar surface area (TPSA) is 47.8 Å². The highest BCUT2D eigenvalue weighted by atomic mass is 16.5. The predicted molar refractivity (Wildman–Crippen MR) is 87.8 cm³/mol. The third kappa shape index (κ3) is 3.48. The van der Waals surface area contributed by atoms with E-state index < -0.39 is 0 Å². The lowest BCUT2D eigenvalue weighted by Crippen LogP contribution is -2.08. The Morgan fingerprint density at radius 3 is 2.70 bits per heavy atom. The molecule has 4 nitrogen and oxygen atoms in total. The Morgan fingerprint density at radius 2 is 1.87 bits per heavy atom. The Morgan fingerprint density at radius 1 is 1.00 bits per heavy atom. The number of aromatic nitrogens is 1. The summed E-state index contributed by atoms with van der Waals surface area (Å²) in [6.45, 7) is 1.82. The van der Waals surface area contributed by atoms with Crippen LogP contribution in [0.4, 0.5) is 0 Å². The van der Waals surface area contributed by atoms with E-state index >= 15 is 0 Å². The van der Waals surface area contributed by atoms with E-state index in [0.717, 1.165) is 11.1 Å².